The summed E-state index contributed by atoms with van der Waals surface area (Å²) in [6.45, 7) is 6.20. The summed E-state index contributed by atoms with van der Waals surface area (Å²) >= 11 is 0. The molecule has 188 valence electrons. The van der Waals surface area contributed by atoms with Crippen molar-refractivity contribution in [2.75, 3.05) is 51.3 Å². The molecular weight excluding hydrogens is 450 g/mol. The first-order valence-corrected chi connectivity index (χ1v) is 13.4. The number of piperidine rings is 1. The molecule has 0 atom stereocenters. The van der Waals surface area contributed by atoms with Crippen LogP contribution in [0.1, 0.15) is 38.5 Å². The Hall–Kier alpha value is -3.32. The second-order valence-corrected chi connectivity index (χ2v) is 9.94. The number of ether oxygens (including phenoxy) is 2. The standard InChI is InChI=1S/C29H35N5O2/c1-35-26-18-22-25(19-27(26)36-17-9-14-33-12-7-8-13-33)31-28(32-29(22)34-15-5-2-6-16-34)23-20-30-24-11-4-3-10-21(23)24/h3-4,10-11,18-20,30H,2,5-9,12-17H2,1H3. The fourth-order valence-electron chi connectivity index (χ4n) is 5.59. The minimum atomic E-state index is 0.664. The van der Waals surface area contributed by atoms with Gasteiger partial charge < -0.3 is 24.3 Å². The summed E-state index contributed by atoms with van der Waals surface area (Å²) < 4.78 is 12.0. The molecule has 7 nitrogen and oxygen atoms in total. The topological polar surface area (TPSA) is 66.5 Å². The van der Waals surface area contributed by atoms with Gasteiger partial charge in [0.05, 0.1) is 19.2 Å². The summed E-state index contributed by atoms with van der Waals surface area (Å²) in [5.41, 5.74) is 3.00. The Morgan fingerprint density at radius 3 is 2.53 bits per heavy atom. The lowest BCUT2D eigenvalue weighted by Gasteiger charge is -2.29. The summed E-state index contributed by atoms with van der Waals surface area (Å²) in [6.07, 6.45) is 9.30. The summed E-state index contributed by atoms with van der Waals surface area (Å²) in [7, 11) is 1.71. The van der Waals surface area contributed by atoms with E-state index in [-0.39, 0.29) is 0 Å². The molecule has 0 saturated carbocycles. The third-order valence-electron chi connectivity index (χ3n) is 7.52. The number of aromatic nitrogens is 3. The minimum absolute atomic E-state index is 0.664. The van der Waals surface area contributed by atoms with Crippen molar-refractivity contribution in [1.29, 1.82) is 0 Å². The van der Waals surface area contributed by atoms with Gasteiger partial charge in [-0.2, -0.15) is 0 Å². The molecule has 2 aromatic heterocycles. The van der Waals surface area contributed by atoms with Crippen LogP contribution in [0.25, 0.3) is 33.2 Å². The number of nitrogens with zero attached hydrogens (tertiary/aromatic N) is 4. The van der Waals surface area contributed by atoms with E-state index < -0.39 is 0 Å². The molecule has 0 aliphatic carbocycles. The van der Waals surface area contributed by atoms with Crippen LogP contribution in [0.4, 0.5) is 5.82 Å². The molecule has 7 heteroatoms. The molecule has 1 N–H and O–H groups in total. The van der Waals surface area contributed by atoms with Crippen molar-refractivity contribution in [1.82, 2.24) is 19.9 Å². The normalized spacial score (nSPS) is 16.8. The molecule has 2 aliphatic heterocycles. The largest absolute Gasteiger partial charge is 0.493 e. The number of aromatic amines is 1. The third-order valence-corrected chi connectivity index (χ3v) is 7.52. The van der Waals surface area contributed by atoms with Crippen LogP contribution in [0.5, 0.6) is 11.5 Å². The maximum absolute atomic E-state index is 6.25. The number of methoxy groups -OCH3 is 1. The minimum Gasteiger partial charge on any atom is -0.493 e. The second-order valence-electron chi connectivity index (χ2n) is 9.94. The Kier molecular flexibility index (Phi) is 6.64. The van der Waals surface area contributed by atoms with Gasteiger partial charge >= 0.3 is 0 Å². The summed E-state index contributed by atoms with van der Waals surface area (Å²) in [5, 5.41) is 2.15. The van der Waals surface area contributed by atoms with Gasteiger partial charge in [-0.3, -0.25) is 0 Å². The van der Waals surface area contributed by atoms with Crippen molar-refractivity contribution in [2.45, 2.75) is 38.5 Å². The predicted octanol–water partition coefficient (Wildman–Crippen LogP) is 5.64. The number of hydrogen-bond acceptors (Lipinski definition) is 6. The van der Waals surface area contributed by atoms with Gasteiger partial charge in [0, 0.05) is 53.8 Å². The van der Waals surface area contributed by atoms with Gasteiger partial charge in [-0.15, -0.1) is 0 Å². The lowest BCUT2D eigenvalue weighted by molar-refractivity contribution is 0.254. The molecule has 4 aromatic rings. The van der Waals surface area contributed by atoms with Gasteiger partial charge in [0.25, 0.3) is 0 Å². The number of nitrogens with one attached hydrogen (secondary N) is 1. The van der Waals surface area contributed by atoms with Crippen molar-refractivity contribution in [3.8, 4) is 22.9 Å². The number of hydrogen-bond donors (Lipinski definition) is 1. The molecule has 2 fully saturated rings. The summed E-state index contributed by atoms with van der Waals surface area (Å²) in [4.78, 5) is 18.5. The van der Waals surface area contributed by atoms with E-state index in [9.17, 15) is 0 Å². The summed E-state index contributed by atoms with van der Waals surface area (Å²) in [5.74, 6) is 3.22. The average molecular weight is 486 g/mol. The maximum atomic E-state index is 6.25. The van der Waals surface area contributed by atoms with Gasteiger partial charge in [-0.05, 0) is 63.7 Å². The SMILES string of the molecule is COc1cc2c(N3CCCCC3)nc(-c3c[nH]c4ccccc34)nc2cc1OCCCN1CCCC1. The summed E-state index contributed by atoms with van der Waals surface area (Å²) in [6, 6.07) is 12.4. The third kappa shape index (κ3) is 4.60. The van der Waals surface area contributed by atoms with Crippen LogP contribution in [0.2, 0.25) is 0 Å². The highest BCUT2D eigenvalue weighted by atomic mass is 16.5. The fraction of sp³-hybridized carbons (Fsp3) is 0.448. The highest BCUT2D eigenvalue weighted by Gasteiger charge is 2.21. The maximum Gasteiger partial charge on any atom is 0.164 e. The monoisotopic (exact) mass is 485 g/mol. The van der Waals surface area contributed by atoms with Gasteiger partial charge in [0.1, 0.15) is 5.82 Å². The lowest BCUT2D eigenvalue weighted by Crippen LogP contribution is -2.30. The lowest BCUT2D eigenvalue weighted by atomic mass is 10.1. The fourth-order valence-corrected chi connectivity index (χ4v) is 5.59. The number of anilines is 1. The van der Waals surface area contributed by atoms with Crippen molar-refractivity contribution < 1.29 is 9.47 Å². The zero-order valence-electron chi connectivity index (χ0n) is 21.1. The Balaban J connectivity index is 1.38. The molecule has 2 aromatic carbocycles. The van der Waals surface area contributed by atoms with Crippen molar-refractivity contribution in [3.05, 3.63) is 42.6 Å². The second kappa shape index (κ2) is 10.3. The van der Waals surface area contributed by atoms with Crippen molar-refractivity contribution in [3.63, 3.8) is 0 Å². The quantitative estimate of drug-likeness (QED) is 0.326. The number of H-pyrrole nitrogens is 1. The van der Waals surface area contributed by atoms with Crippen molar-refractivity contribution in [2.24, 2.45) is 0 Å². The van der Waals surface area contributed by atoms with Gasteiger partial charge in [-0.25, -0.2) is 9.97 Å². The molecule has 0 unspecified atom stereocenters. The van der Waals surface area contributed by atoms with E-state index in [1.807, 2.05) is 18.3 Å². The Morgan fingerprint density at radius 2 is 1.69 bits per heavy atom. The van der Waals surface area contributed by atoms with Gasteiger partial charge in [-0.1, -0.05) is 18.2 Å². The van der Waals surface area contributed by atoms with E-state index in [1.165, 1.54) is 45.2 Å². The van der Waals surface area contributed by atoms with E-state index in [0.29, 0.717) is 6.61 Å². The van der Waals surface area contributed by atoms with E-state index >= 15 is 0 Å². The highest BCUT2D eigenvalue weighted by molar-refractivity contribution is 5.98. The van der Waals surface area contributed by atoms with Crippen LogP contribution in [0, 0.1) is 0 Å². The molecular formula is C29H35N5O2. The molecule has 4 heterocycles. The van der Waals surface area contributed by atoms with E-state index in [0.717, 1.165) is 76.6 Å². The van der Waals surface area contributed by atoms with Crippen LogP contribution >= 0.6 is 0 Å². The van der Waals surface area contributed by atoms with Crippen LogP contribution in [0.15, 0.2) is 42.6 Å². The molecule has 0 radical (unpaired) electrons. The first kappa shape index (κ1) is 23.1. The molecule has 2 saturated heterocycles. The molecule has 6 rings (SSSR count). The van der Waals surface area contributed by atoms with Crippen molar-refractivity contribution >= 4 is 27.6 Å². The number of fused-ring (bicyclic) bond motifs is 2. The molecule has 2 aliphatic rings. The number of benzene rings is 2. The van der Waals surface area contributed by atoms with Gasteiger partial charge in [0.2, 0.25) is 0 Å². The van der Waals surface area contributed by atoms with Crippen LogP contribution in [0.3, 0.4) is 0 Å². The van der Waals surface area contributed by atoms with E-state index in [2.05, 4.69) is 39.0 Å². The first-order valence-electron chi connectivity index (χ1n) is 13.4. The van der Waals surface area contributed by atoms with Crippen LogP contribution in [-0.4, -0.2) is 66.3 Å². The number of para-hydroxylation sites is 1. The Labute approximate surface area is 212 Å². The smallest absolute Gasteiger partial charge is 0.164 e. The average Bonchev–Trinajstić information content (AvgIpc) is 3.61. The van der Waals surface area contributed by atoms with Gasteiger partial charge in [0.15, 0.2) is 17.3 Å². The zero-order valence-corrected chi connectivity index (χ0v) is 21.1. The number of rotatable bonds is 8. The molecule has 0 bridgehead atoms. The van der Waals surface area contributed by atoms with E-state index in [4.69, 9.17) is 19.4 Å². The van der Waals surface area contributed by atoms with Crippen LogP contribution < -0.4 is 14.4 Å². The Morgan fingerprint density at radius 1 is 0.889 bits per heavy atom. The van der Waals surface area contributed by atoms with Crippen LogP contribution in [-0.2, 0) is 0 Å². The molecule has 0 amide bonds. The molecule has 0 spiro atoms. The highest BCUT2D eigenvalue weighted by Crippen LogP contribution is 2.38. The first-order chi connectivity index (χ1) is 17.8. The Bertz CT molecular complexity index is 1340. The zero-order chi connectivity index (χ0) is 24.3. The number of likely N-dealkylation sites (tertiary alicyclic amines) is 1. The predicted molar refractivity (Wildman–Crippen MR) is 145 cm³/mol. The van der Waals surface area contributed by atoms with E-state index in [1.54, 1.807) is 7.11 Å². The molecule has 36 heavy (non-hydrogen) atoms.